The molecule has 1 aromatic carbocycles. The van der Waals surface area contributed by atoms with E-state index in [1.807, 2.05) is 0 Å². The highest BCUT2D eigenvalue weighted by Crippen LogP contribution is 2.24. The number of alkyl halides is 3. The first-order valence-corrected chi connectivity index (χ1v) is 4.80. The van der Waals surface area contributed by atoms with Crippen LogP contribution in [0.25, 0.3) is 11.1 Å². The lowest BCUT2D eigenvalue weighted by Crippen LogP contribution is -2.30. The molecular formula is C10H5F3N2O4. The third-order valence-corrected chi connectivity index (χ3v) is 2.13. The van der Waals surface area contributed by atoms with E-state index < -0.39 is 24.1 Å². The van der Waals surface area contributed by atoms with Gasteiger partial charge in [0.2, 0.25) is 0 Å². The number of amides is 1. The third-order valence-electron chi connectivity index (χ3n) is 2.13. The van der Waals surface area contributed by atoms with Crippen LogP contribution in [0, 0.1) is 0 Å². The first kappa shape index (κ1) is 12.9. The summed E-state index contributed by atoms with van der Waals surface area (Å²) < 4.78 is 40.9. The van der Waals surface area contributed by atoms with E-state index in [0.717, 1.165) is 0 Å². The van der Waals surface area contributed by atoms with Crippen molar-refractivity contribution in [2.24, 2.45) is 0 Å². The number of hydrogen-bond donors (Lipinski definition) is 2. The Morgan fingerprint density at radius 1 is 1.32 bits per heavy atom. The number of carbonyl (C=O) groups is 2. The van der Waals surface area contributed by atoms with Crippen molar-refractivity contribution in [1.82, 2.24) is 4.98 Å². The zero-order valence-electron chi connectivity index (χ0n) is 8.99. The number of nitrogens with one attached hydrogen (secondary N) is 1. The fourth-order valence-electron chi connectivity index (χ4n) is 1.34. The number of fused-ring (bicyclic) bond motifs is 1. The van der Waals surface area contributed by atoms with Crippen LogP contribution in [-0.4, -0.2) is 28.1 Å². The molecular weight excluding hydrogens is 269 g/mol. The molecule has 0 bridgehead atoms. The molecule has 0 aliphatic rings. The molecule has 0 atom stereocenters. The highest BCUT2D eigenvalue weighted by Gasteiger charge is 2.39. The van der Waals surface area contributed by atoms with Crippen molar-refractivity contribution in [3.8, 4) is 0 Å². The van der Waals surface area contributed by atoms with Crippen LogP contribution in [0.4, 0.5) is 19.2 Å². The van der Waals surface area contributed by atoms with Crippen LogP contribution in [0.15, 0.2) is 22.6 Å². The maximum absolute atomic E-state index is 12.0. The third kappa shape index (κ3) is 2.49. The van der Waals surface area contributed by atoms with E-state index in [-0.39, 0.29) is 16.7 Å². The summed E-state index contributed by atoms with van der Waals surface area (Å²) in [5.41, 5.74) is -0.432. The van der Waals surface area contributed by atoms with Crippen molar-refractivity contribution in [1.29, 1.82) is 0 Å². The Labute approximate surface area is 102 Å². The Bertz CT molecular complexity index is 662. The highest BCUT2D eigenvalue weighted by atomic mass is 19.4. The largest absolute Gasteiger partial charge is 0.478 e. The first-order chi connectivity index (χ1) is 8.79. The lowest BCUT2D eigenvalue weighted by molar-refractivity contribution is -0.167. The standard InChI is InChI=1S/C10H5F3N2O4/c11-10(12,13)8(18)15-9-14-6-4(7(16)17)2-1-3-5(6)19-9/h1-3H,(H,16,17)(H,14,15,18). The SMILES string of the molecule is O=C(O)c1cccc2oc(NC(=O)C(F)(F)F)nc12. The van der Waals surface area contributed by atoms with Crippen molar-refractivity contribution in [3.63, 3.8) is 0 Å². The Kier molecular flexibility index (Phi) is 2.89. The molecule has 2 N–H and O–H groups in total. The van der Waals surface area contributed by atoms with Crippen molar-refractivity contribution in [2.75, 3.05) is 5.32 Å². The number of nitrogens with zero attached hydrogens (tertiary/aromatic N) is 1. The van der Waals surface area contributed by atoms with Gasteiger partial charge in [-0.25, -0.2) is 4.79 Å². The van der Waals surface area contributed by atoms with Crippen molar-refractivity contribution >= 4 is 29.0 Å². The molecule has 1 heterocycles. The molecule has 0 aliphatic heterocycles. The number of halogens is 3. The van der Waals surface area contributed by atoms with Gasteiger partial charge < -0.3 is 9.52 Å². The number of oxazole rings is 1. The monoisotopic (exact) mass is 274 g/mol. The van der Waals surface area contributed by atoms with Gasteiger partial charge in [-0.1, -0.05) is 6.07 Å². The molecule has 0 radical (unpaired) electrons. The first-order valence-electron chi connectivity index (χ1n) is 4.80. The van der Waals surface area contributed by atoms with E-state index in [2.05, 4.69) is 4.98 Å². The van der Waals surface area contributed by atoms with Gasteiger partial charge in [0, 0.05) is 0 Å². The summed E-state index contributed by atoms with van der Waals surface area (Å²) in [6.45, 7) is 0. The van der Waals surface area contributed by atoms with Gasteiger partial charge in [0.15, 0.2) is 5.58 Å². The van der Waals surface area contributed by atoms with Crippen LogP contribution in [-0.2, 0) is 4.79 Å². The van der Waals surface area contributed by atoms with Crippen LogP contribution >= 0.6 is 0 Å². The van der Waals surface area contributed by atoms with Gasteiger partial charge >= 0.3 is 24.1 Å². The molecule has 0 spiro atoms. The van der Waals surface area contributed by atoms with Gasteiger partial charge in [-0.05, 0) is 12.1 Å². The number of carbonyl (C=O) groups excluding carboxylic acids is 1. The average Bonchev–Trinajstić information content (AvgIpc) is 2.68. The quantitative estimate of drug-likeness (QED) is 0.874. The molecule has 6 nitrogen and oxygen atoms in total. The fraction of sp³-hybridized carbons (Fsp3) is 0.100. The smallest absolute Gasteiger partial charge is 0.471 e. The van der Waals surface area contributed by atoms with Crippen LogP contribution in [0.2, 0.25) is 0 Å². The molecule has 0 fully saturated rings. The molecule has 2 rings (SSSR count). The number of para-hydroxylation sites is 1. The van der Waals surface area contributed by atoms with Crippen LogP contribution < -0.4 is 5.32 Å². The number of aromatic nitrogens is 1. The van der Waals surface area contributed by atoms with Gasteiger partial charge in [-0.15, -0.1) is 0 Å². The van der Waals surface area contributed by atoms with Crippen LogP contribution in [0.1, 0.15) is 10.4 Å². The summed E-state index contributed by atoms with van der Waals surface area (Å²) in [7, 11) is 0. The second kappa shape index (κ2) is 4.26. The van der Waals surface area contributed by atoms with Gasteiger partial charge in [-0.3, -0.25) is 10.1 Å². The zero-order chi connectivity index (χ0) is 14.2. The minimum Gasteiger partial charge on any atom is -0.478 e. The predicted molar refractivity (Wildman–Crippen MR) is 55.7 cm³/mol. The number of carboxylic acid groups (broad SMARTS) is 1. The molecule has 100 valence electrons. The van der Waals surface area contributed by atoms with Crippen molar-refractivity contribution in [2.45, 2.75) is 6.18 Å². The lowest BCUT2D eigenvalue weighted by atomic mass is 10.2. The zero-order valence-corrected chi connectivity index (χ0v) is 8.99. The predicted octanol–water partition coefficient (Wildman–Crippen LogP) is 2.03. The number of anilines is 1. The molecule has 0 aliphatic carbocycles. The summed E-state index contributed by atoms with van der Waals surface area (Å²) in [4.78, 5) is 25.0. The Morgan fingerprint density at radius 2 is 2.00 bits per heavy atom. The second-order valence-corrected chi connectivity index (χ2v) is 3.43. The van der Waals surface area contributed by atoms with Gasteiger partial charge in [0.25, 0.3) is 0 Å². The Hall–Kier alpha value is -2.58. The fourth-order valence-corrected chi connectivity index (χ4v) is 1.34. The molecule has 2 aromatic rings. The maximum Gasteiger partial charge on any atom is 0.471 e. The number of aromatic carboxylic acids is 1. The number of benzene rings is 1. The van der Waals surface area contributed by atoms with Crippen LogP contribution in [0.3, 0.4) is 0 Å². The minimum absolute atomic E-state index is 0.0441. The van der Waals surface area contributed by atoms with E-state index >= 15 is 0 Å². The number of carboxylic acids is 1. The highest BCUT2D eigenvalue weighted by molar-refractivity contribution is 6.01. The summed E-state index contributed by atoms with van der Waals surface area (Å²) in [6.07, 6.45) is -5.09. The average molecular weight is 274 g/mol. The molecule has 1 aromatic heterocycles. The number of hydrogen-bond acceptors (Lipinski definition) is 4. The van der Waals surface area contributed by atoms with E-state index in [1.165, 1.54) is 23.5 Å². The Morgan fingerprint density at radius 3 is 2.58 bits per heavy atom. The molecule has 1 amide bonds. The minimum atomic E-state index is -5.09. The summed E-state index contributed by atoms with van der Waals surface area (Å²) in [5.74, 6) is -3.57. The number of rotatable bonds is 2. The molecule has 0 saturated carbocycles. The van der Waals surface area contributed by atoms with E-state index in [0.29, 0.717) is 0 Å². The van der Waals surface area contributed by atoms with Gasteiger partial charge in [0.1, 0.15) is 5.52 Å². The van der Waals surface area contributed by atoms with E-state index in [4.69, 9.17) is 9.52 Å². The van der Waals surface area contributed by atoms with Gasteiger partial charge in [0.05, 0.1) is 5.56 Å². The van der Waals surface area contributed by atoms with Crippen molar-refractivity contribution < 1.29 is 32.3 Å². The summed E-state index contributed by atoms with van der Waals surface area (Å²) in [6, 6.07) is 3.15. The summed E-state index contributed by atoms with van der Waals surface area (Å²) in [5, 5.41) is 10.3. The van der Waals surface area contributed by atoms with Crippen LogP contribution in [0.5, 0.6) is 0 Å². The Balaban J connectivity index is 2.40. The van der Waals surface area contributed by atoms with E-state index in [9.17, 15) is 22.8 Å². The normalized spacial score (nSPS) is 11.5. The van der Waals surface area contributed by atoms with E-state index in [1.54, 1.807) is 0 Å². The second-order valence-electron chi connectivity index (χ2n) is 3.43. The topological polar surface area (TPSA) is 92.4 Å². The lowest BCUT2D eigenvalue weighted by Gasteiger charge is -2.03. The molecule has 0 unspecified atom stereocenters. The van der Waals surface area contributed by atoms with Crippen molar-refractivity contribution in [3.05, 3.63) is 23.8 Å². The molecule has 9 heteroatoms. The molecule has 0 saturated heterocycles. The maximum atomic E-state index is 12.0. The van der Waals surface area contributed by atoms with Gasteiger partial charge in [-0.2, -0.15) is 18.2 Å². The molecule has 19 heavy (non-hydrogen) atoms. The summed E-state index contributed by atoms with van der Waals surface area (Å²) >= 11 is 0.